The second kappa shape index (κ2) is 11.2. The lowest BCUT2D eigenvalue weighted by Crippen LogP contribution is -2.39. The monoisotopic (exact) mass is 498 g/mol. The molecule has 12 nitrogen and oxygen atoms in total. The van der Waals surface area contributed by atoms with Crippen molar-refractivity contribution >= 4 is 28.7 Å². The van der Waals surface area contributed by atoms with Crippen LogP contribution in [0.25, 0.3) is 11.2 Å². The highest BCUT2D eigenvalue weighted by molar-refractivity contribution is 5.89. The molecule has 1 aliphatic heterocycles. The van der Waals surface area contributed by atoms with Crippen LogP contribution in [0, 0.1) is 0 Å². The van der Waals surface area contributed by atoms with E-state index in [1.165, 1.54) is 18.2 Å². The molecule has 4 unspecified atom stereocenters. The van der Waals surface area contributed by atoms with Crippen molar-refractivity contribution in [2.24, 2.45) is 0 Å². The number of rotatable bonds is 9. The van der Waals surface area contributed by atoms with Crippen molar-refractivity contribution in [1.82, 2.24) is 29.7 Å². The number of urea groups is 1. The van der Waals surface area contributed by atoms with E-state index in [0.717, 1.165) is 5.69 Å². The van der Waals surface area contributed by atoms with E-state index in [1.54, 1.807) is 4.57 Å². The Kier molecular flexibility index (Phi) is 7.99. The predicted octanol–water partition coefficient (Wildman–Crippen LogP) is 1.29. The Morgan fingerprint density at radius 2 is 1.94 bits per heavy atom. The topological polar surface area (TPSA) is 164 Å². The predicted molar refractivity (Wildman–Crippen MR) is 135 cm³/mol. The number of carbonyl (C=O) groups excluding carboxylic acids is 1. The van der Waals surface area contributed by atoms with Gasteiger partial charge in [-0.1, -0.05) is 26.0 Å². The minimum absolute atomic E-state index is 0.231. The average Bonchev–Trinajstić information content (AvgIpc) is 3.39. The van der Waals surface area contributed by atoms with Crippen molar-refractivity contribution in [2.45, 2.75) is 50.7 Å². The zero-order valence-electron chi connectivity index (χ0n) is 20.7. The molecule has 2 aromatic heterocycles. The highest BCUT2D eigenvalue weighted by Gasteiger charge is 2.44. The molecule has 0 radical (unpaired) electrons. The molecule has 4 atom stereocenters. The Bertz CT molecular complexity index is 1170. The number of nitrogen functional groups attached to an aromatic ring is 1. The van der Waals surface area contributed by atoms with Crippen LogP contribution in [0.5, 0.6) is 0 Å². The first kappa shape index (κ1) is 25.8. The van der Waals surface area contributed by atoms with Crippen molar-refractivity contribution in [3.05, 3.63) is 42.5 Å². The molecule has 4 rings (SSSR count). The smallest absolute Gasteiger partial charge is 0.319 e. The minimum Gasteiger partial charge on any atom is -0.387 e. The molecule has 3 heterocycles. The Labute approximate surface area is 209 Å². The fourth-order valence-electron chi connectivity index (χ4n) is 4.24. The molecule has 1 fully saturated rings. The minimum atomic E-state index is -1.16. The normalized spacial score (nSPS) is 22.0. The van der Waals surface area contributed by atoms with Crippen molar-refractivity contribution in [2.75, 3.05) is 37.7 Å². The first-order valence-corrected chi connectivity index (χ1v) is 12.0. The summed E-state index contributed by atoms with van der Waals surface area (Å²) in [5.41, 5.74) is 8.63. The summed E-state index contributed by atoms with van der Waals surface area (Å²) in [4.78, 5) is 26.4. The molecule has 2 amide bonds. The van der Waals surface area contributed by atoms with E-state index in [1.807, 2.05) is 36.2 Å². The molecule has 6 N–H and O–H groups in total. The summed E-state index contributed by atoms with van der Waals surface area (Å²) in [6.45, 7) is 5.79. The molecule has 194 valence electrons. The molecule has 0 saturated carbocycles. The van der Waals surface area contributed by atoms with E-state index < -0.39 is 24.5 Å². The summed E-state index contributed by atoms with van der Waals surface area (Å²) in [5, 5.41) is 26.9. The second-order valence-electron chi connectivity index (χ2n) is 9.40. The average molecular weight is 499 g/mol. The van der Waals surface area contributed by atoms with Crippen LogP contribution in [0.2, 0.25) is 0 Å². The lowest BCUT2D eigenvalue weighted by atomic mass is 10.0. The summed E-state index contributed by atoms with van der Waals surface area (Å²) in [6.07, 6.45) is -0.216. The number of amides is 2. The van der Waals surface area contributed by atoms with Gasteiger partial charge in [0, 0.05) is 18.8 Å². The quantitative estimate of drug-likeness (QED) is 0.274. The van der Waals surface area contributed by atoms with Crippen LogP contribution in [-0.2, 0) is 4.74 Å². The zero-order chi connectivity index (χ0) is 25.8. The lowest BCUT2D eigenvalue weighted by molar-refractivity contribution is -0.0421. The first-order valence-electron chi connectivity index (χ1n) is 12.0. The van der Waals surface area contributed by atoms with E-state index in [-0.39, 0.29) is 11.8 Å². The van der Waals surface area contributed by atoms with Gasteiger partial charge in [-0.3, -0.25) is 4.57 Å². The molecule has 3 aromatic rings. The van der Waals surface area contributed by atoms with Gasteiger partial charge >= 0.3 is 6.03 Å². The Hall–Kier alpha value is -3.32. The molecule has 1 aromatic carbocycles. The van der Waals surface area contributed by atoms with Crippen molar-refractivity contribution < 1.29 is 19.7 Å². The summed E-state index contributed by atoms with van der Waals surface area (Å²) >= 11 is 0. The number of carbonyl (C=O) groups is 1. The molecule has 0 bridgehead atoms. The summed E-state index contributed by atoms with van der Waals surface area (Å²) < 4.78 is 7.54. The number of nitrogens with one attached hydrogen (secondary N) is 2. The Morgan fingerprint density at radius 3 is 2.67 bits per heavy atom. The number of benzene rings is 1. The van der Waals surface area contributed by atoms with E-state index in [2.05, 4.69) is 39.4 Å². The van der Waals surface area contributed by atoms with Crippen molar-refractivity contribution in [1.29, 1.82) is 0 Å². The van der Waals surface area contributed by atoms with E-state index in [4.69, 9.17) is 10.5 Å². The van der Waals surface area contributed by atoms with Crippen LogP contribution in [0.15, 0.2) is 36.9 Å². The maximum Gasteiger partial charge on any atom is 0.319 e. The third kappa shape index (κ3) is 5.73. The summed E-state index contributed by atoms with van der Waals surface area (Å²) in [5.74, 6) is 0.670. The lowest BCUT2D eigenvalue weighted by Gasteiger charge is -2.22. The van der Waals surface area contributed by atoms with Gasteiger partial charge in [0.05, 0.1) is 6.33 Å². The van der Waals surface area contributed by atoms with Gasteiger partial charge in [-0.15, -0.1) is 0 Å². The fourth-order valence-corrected chi connectivity index (χ4v) is 4.24. The Balaban J connectivity index is 1.22. The maximum absolute atomic E-state index is 12.2. The van der Waals surface area contributed by atoms with Gasteiger partial charge in [0.15, 0.2) is 17.7 Å². The molecule has 1 aliphatic rings. The van der Waals surface area contributed by atoms with Gasteiger partial charge in [-0.2, -0.15) is 0 Å². The van der Waals surface area contributed by atoms with Gasteiger partial charge in [0.2, 0.25) is 0 Å². The second-order valence-corrected chi connectivity index (χ2v) is 9.40. The number of fused-ring (bicyclic) bond motifs is 1. The SMILES string of the molecule is CC(C)c1ccc(NC(=O)NCCCN(C)CC2OC(n3cnc4c(N)ncnc43)C(O)C2O)cc1. The van der Waals surface area contributed by atoms with Crippen LogP contribution in [0.1, 0.15) is 38.0 Å². The third-order valence-electron chi connectivity index (χ3n) is 6.33. The molecule has 12 heteroatoms. The molecule has 36 heavy (non-hydrogen) atoms. The van der Waals surface area contributed by atoms with Crippen LogP contribution in [-0.4, -0.2) is 85.7 Å². The number of nitrogens with two attached hydrogens (primary N) is 1. The Morgan fingerprint density at radius 1 is 1.19 bits per heavy atom. The van der Waals surface area contributed by atoms with Gasteiger partial charge in [0.1, 0.15) is 30.2 Å². The maximum atomic E-state index is 12.2. The number of aliphatic hydroxyl groups excluding tert-OH is 2. The first-order chi connectivity index (χ1) is 17.2. The number of nitrogens with zero attached hydrogens (tertiary/aromatic N) is 5. The molecular weight excluding hydrogens is 464 g/mol. The standard InChI is InChI=1S/C24H34N8O4/c1-14(2)15-5-7-16(8-6-15)30-24(35)26-9-4-10-31(3)11-17-19(33)20(34)23(36-17)32-13-29-18-21(25)27-12-28-22(18)32/h5-8,12-14,17,19-20,23,33-34H,4,9-11H2,1-3H3,(H2,25,27,28)(H2,26,30,35). The number of hydrogen-bond acceptors (Lipinski definition) is 9. The van der Waals surface area contributed by atoms with Crippen LogP contribution in [0.4, 0.5) is 16.3 Å². The van der Waals surface area contributed by atoms with Gasteiger partial charge in [-0.25, -0.2) is 19.7 Å². The molecule has 1 saturated heterocycles. The number of imidazole rings is 1. The molecule has 0 aliphatic carbocycles. The van der Waals surface area contributed by atoms with Crippen LogP contribution in [0.3, 0.4) is 0 Å². The molecule has 0 spiro atoms. The largest absolute Gasteiger partial charge is 0.387 e. The van der Waals surface area contributed by atoms with E-state index in [0.29, 0.717) is 43.1 Å². The van der Waals surface area contributed by atoms with Gasteiger partial charge < -0.3 is 36.2 Å². The van der Waals surface area contributed by atoms with E-state index >= 15 is 0 Å². The highest BCUT2D eigenvalue weighted by atomic mass is 16.6. The van der Waals surface area contributed by atoms with Gasteiger partial charge in [0.25, 0.3) is 0 Å². The number of aromatic nitrogens is 4. The summed E-state index contributed by atoms with van der Waals surface area (Å²) in [7, 11) is 1.90. The van der Waals surface area contributed by atoms with Gasteiger partial charge in [-0.05, 0) is 43.6 Å². The number of anilines is 2. The fraction of sp³-hybridized carbons (Fsp3) is 0.500. The number of ether oxygens (including phenoxy) is 1. The molecular formula is C24H34N8O4. The zero-order valence-corrected chi connectivity index (χ0v) is 20.7. The number of hydrogen-bond donors (Lipinski definition) is 5. The summed E-state index contributed by atoms with van der Waals surface area (Å²) in [6, 6.07) is 7.55. The number of likely N-dealkylation sites (N-methyl/N-ethyl adjacent to an activating group) is 1. The van der Waals surface area contributed by atoms with Crippen molar-refractivity contribution in [3.8, 4) is 0 Å². The van der Waals surface area contributed by atoms with Crippen LogP contribution >= 0.6 is 0 Å². The van der Waals surface area contributed by atoms with Crippen molar-refractivity contribution in [3.63, 3.8) is 0 Å². The number of aliphatic hydroxyl groups is 2. The third-order valence-corrected chi connectivity index (χ3v) is 6.33. The van der Waals surface area contributed by atoms with Crippen LogP contribution < -0.4 is 16.4 Å². The highest BCUT2D eigenvalue weighted by Crippen LogP contribution is 2.32. The van der Waals surface area contributed by atoms with E-state index in [9.17, 15) is 15.0 Å².